The molecule has 1 N–H and O–H groups in total. The number of aromatic nitrogens is 1. The number of amides is 2. The first-order valence-electron chi connectivity index (χ1n) is 10.3. The standard InChI is InChI=1S/C22H29N5O2/c1-18-20(7-8-21(23-18)26-13-15-29-16-14-26)24-22(28)27-11-9-25(10-12-27)17-19-5-3-2-4-6-19/h2-8H,9-17H2,1H3,(H,24,28). The summed E-state index contributed by atoms with van der Waals surface area (Å²) in [7, 11) is 0. The van der Waals surface area contributed by atoms with Gasteiger partial charge in [0, 0.05) is 45.8 Å². The lowest BCUT2D eigenvalue weighted by molar-refractivity contribution is 0.122. The van der Waals surface area contributed by atoms with Crippen molar-refractivity contribution >= 4 is 17.5 Å². The molecule has 1 aromatic heterocycles. The number of anilines is 2. The van der Waals surface area contributed by atoms with Gasteiger partial charge in [0.25, 0.3) is 0 Å². The fourth-order valence-corrected chi connectivity index (χ4v) is 3.79. The fraction of sp³-hybridized carbons (Fsp3) is 0.455. The Morgan fingerprint density at radius 2 is 1.72 bits per heavy atom. The van der Waals surface area contributed by atoms with Crippen LogP contribution in [0.15, 0.2) is 42.5 Å². The lowest BCUT2D eigenvalue weighted by Crippen LogP contribution is -2.49. The predicted octanol–water partition coefficient (Wildman–Crippen LogP) is 2.58. The molecule has 0 spiro atoms. The number of carbonyl (C=O) groups excluding carboxylic acids is 1. The number of nitrogens with one attached hydrogen (secondary N) is 1. The molecular weight excluding hydrogens is 366 g/mol. The first kappa shape index (κ1) is 19.7. The number of morpholine rings is 1. The molecule has 3 heterocycles. The van der Waals surface area contributed by atoms with Crippen LogP contribution in [0.2, 0.25) is 0 Å². The lowest BCUT2D eigenvalue weighted by atomic mass is 10.2. The van der Waals surface area contributed by atoms with E-state index >= 15 is 0 Å². The van der Waals surface area contributed by atoms with E-state index in [-0.39, 0.29) is 6.03 Å². The number of urea groups is 1. The minimum atomic E-state index is -0.0478. The molecule has 0 saturated carbocycles. The van der Waals surface area contributed by atoms with E-state index in [1.54, 1.807) is 0 Å². The molecule has 0 atom stereocenters. The Morgan fingerprint density at radius 3 is 2.41 bits per heavy atom. The molecular formula is C22H29N5O2. The summed E-state index contributed by atoms with van der Waals surface area (Å²) in [6, 6.07) is 14.4. The van der Waals surface area contributed by atoms with Crippen molar-refractivity contribution in [2.24, 2.45) is 0 Å². The van der Waals surface area contributed by atoms with Gasteiger partial charge in [-0.15, -0.1) is 0 Å². The first-order chi connectivity index (χ1) is 14.2. The summed E-state index contributed by atoms with van der Waals surface area (Å²) in [4.78, 5) is 23.9. The zero-order valence-corrected chi connectivity index (χ0v) is 17.0. The quantitative estimate of drug-likeness (QED) is 0.862. The number of carbonyl (C=O) groups is 1. The molecule has 0 aliphatic carbocycles. The van der Waals surface area contributed by atoms with Gasteiger partial charge < -0.3 is 19.9 Å². The molecule has 2 aromatic rings. The monoisotopic (exact) mass is 395 g/mol. The molecule has 2 aliphatic heterocycles. The first-order valence-corrected chi connectivity index (χ1v) is 10.3. The van der Waals surface area contributed by atoms with Crippen molar-refractivity contribution in [1.82, 2.24) is 14.8 Å². The summed E-state index contributed by atoms with van der Waals surface area (Å²) in [6.07, 6.45) is 0. The zero-order chi connectivity index (χ0) is 20.1. The second kappa shape index (κ2) is 9.24. The summed E-state index contributed by atoms with van der Waals surface area (Å²) >= 11 is 0. The highest BCUT2D eigenvalue weighted by Crippen LogP contribution is 2.20. The molecule has 2 amide bonds. The molecule has 2 aliphatic rings. The number of rotatable bonds is 4. The summed E-state index contributed by atoms with van der Waals surface area (Å²) < 4.78 is 5.40. The van der Waals surface area contributed by atoms with Gasteiger partial charge in [-0.3, -0.25) is 4.90 Å². The van der Waals surface area contributed by atoms with Gasteiger partial charge in [-0.1, -0.05) is 30.3 Å². The second-order valence-corrected chi connectivity index (χ2v) is 7.58. The van der Waals surface area contributed by atoms with E-state index in [1.807, 2.05) is 30.0 Å². The Balaban J connectivity index is 1.29. The molecule has 29 heavy (non-hydrogen) atoms. The largest absolute Gasteiger partial charge is 0.378 e. The van der Waals surface area contributed by atoms with E-state index in [0.29, 0.717) is 0 Å². The molecule has 154 valence electrons. The number of hydrogen-bond acceptors (Lipinski definition) is 5. The molecule has 2 fully saturated rings. The Hall–Kier alpha value is -2.64. The smallest absolute Gasteiger partial charge is 0.321 e. The minimum Gasteiger partial charge on any atom is -0.378 e. The van der Waals surface area contributed by atoms with Crippen molar-refractivity contribution < 1.29 is 9.53 Å². The Labute approximate surface area is 172 Å². The van der Waals surface area contributed by atoms with Gasteiger partial charge in [-0.25, -0.2) is 9.78 Å². The van der Waals surface area contributed by atoms with Crippen molar-refractivity contribution in [3.8, 4) is 0 Å². The predicted molar refractivity (Wildman–Crippen MR) is 114 cm³/mol. The Morgan fingerprint density at radius 1 is 1.00 bits per heavy atom. The van der Waals surface area contributed by atoms with Crippen LogP contribution in [0.1, 0.15) is 11.3 Å². The summed E-state index contributed by atoms with van der Waals surface area (Å²) in [5.74, 6) is 0.943. The molecule has 1 aromatic carbocycles. The third kappa shape index (κ3) is 5.05. The summed E-state index contributed by atoms with van der Waals surface area (Å²) in [5.41, 5.74) is 2.93. The number of nitrogens with zero attached hydrogens (tertiary/aromatic N) is 4. The maximum absolute atomic E-state index is 12.7. The molecule has 7 heteroatoms. The molecule has 2 saturated heterocycles. The average molecular weight is 396 g/mol. The number of aryl methyl sites for hydroxylation is 1. The van der Waals surface area contributed by atoms with Gasteiger partial charge in [0.2, 0.25) is 0 Å². The molecule has 4 rings (SSSR count). The Bertz CT molecular complexity index is 815. The number of benzene rings is 1. The van der Waals surface area contributed by atoms with E-state index in [1.165, 1.54) is 5.56 Å². The highest BCUT2D eigenvalue weighted by molar-refractivity contribution is 5.90. The van der Waals surface area contributed by atoms with Crippen LogP contribution in [-0.2, 0) is 11.3 Å². The van der Waals surface area contributed by atoms with Crippen LogP contribution in [0.3, 0.4) is 0 Å². The second-order valence-electron chi connectivity index (χ2n) is 7.58. The van der Waals surface area contributed by atoms with Gasteiger partial charge in [-0.05, 0) is 24.6 Å². The van der Waals surface area contributed by atoms with Crippen molar-refractivity contribution in [1.29, 1.82) is 0 Å². The van der Waals surface area contributed by atoms with Crippen molar-refractivity contribution in [3.63, 3.8) is 0 Å². The topological polar surface area (TPSA) is 60.9 Å². The maximum Gasteiger partial charge on any atom is 0.321 e. The number of pyridine rings is 1. The van der Waals surface area contributed by atoms with E-state index in [0.717, 1.165) is 76.2 Å². The average Bonchev–Trinajstić information content (AvgIpc) is 2.77. The molecule has 0 unspecified atom stereocenters. The van der Waals surface area contributed by atoms with Crippen molar-refractivity contribution in [2.75, 3.05) is 62.7 Å². The third-order valence-electron chi connectivity index (χ3n) is 5.56. The number of hydrogen-bond donors (Lipinski definition) is 1. The van der Waals surface area contributed by atoms with Crippen LogP contribution in [0, 0.1) is 6.92 Å². The van der Waals surface area contributed by atoms with Crippen LogP contribution in [0.25, 0.3) is 0 Å². The van der Waals surface area contributed by atoms with Crippen LogP contribution in [0.5, 0.6) is 0 Å². The number of ether oxygens (including phenoxy) is 1. The normalized spacial score (nSPS) is 18.0. The van der Waals surface area contributed by atoms with E-state index in [9.17, 15) is 4.79 Å². The van der Waals surface area contributed by atoms with Gasteiger partial charge in [-0.2, -0.15) is 0 Å². The molecule has 0 bridgehead atoms. The van der Waals surface area contributed by atoms with Gasteiger partial charge in [0.1, 0.15) is 5.82 Å². The maximum atomic E-state index is 12.7. The summed E-state index contributed by atoms with van der Waals surface area (Å²) in [6.45, 7) is 9.28. The Kier molecular flexibility index (Phi) is 6.27. The van der Waals surface area contributed by atoms with E-state index in [2.05, 4.69) is 44.4 Å². The van der Waals surface area contributed by atoms with Crippen molar-refractivity contribution in [3.05, 3.63) is 53.7 Å². The highest BCUT2D eigenvalue weighted by atomic mass is 16.5. The van der Waals surface area contributed by atoms with Gasteiger partial charge in [0.15, 0.2) is 0 Å². The van der Waals surface area contributed by atoms with E-state index < -0.39 is 0 Å². The van der Waals surface area contributed by atoms with Gasteiger partial charge in [0.05, 0.1) is 24.6 Å². The molecule has 0 radical (unpaired) electrons. The zero-order valence-electron chi connectivity index (χ0n) is 17.0. The van der Waals surface area contributed by atoms with Crippen LogP contribution >= 0.6 is 0 Å². The number of piperazine rings is 1. The SMILES string of the molecule is Cc1nc(N2CCOCC2)ccc1NC(=O)N1CCN(Cc2ccccc2)CC1. The van der Waals surface area contributed by atoms with Crippen molar-refractivity contribution in [2.45, 2.75) is 13.5 Å². The third-order valence-corrected chi connectivity index (χ3v) is 5.56. The minimum absolute atomic E-state index is 0.0478. The fourth-order valence-electron chi connectivity index (χ4n) is 3.79. The lowest BCUT2D eigenvalue weighted by Gasteiger charge is -2.34. The van der Waals surface area contributed by atoms with Crippen LogP contribution < -0.4 is 10.2 Å². The van der Waals surface area contributed by atoms with Crippen LogP contribution in [0.4, 0.5) is 16.3 Å². The van der Waals surface area contributed by atoms with Gasteiger partial charge >= 0.3 is 6.03 Å². The molecule has 7 nitrogen and oxygen atoms in total. The van der Waals surface area contributed by atoms with E-state index in [4.69, 9.17) is 4.74 Å². The highest BCUT2D eigenvalue weighted by Gasteiger charge is 2.22. The summed E-state index contributed by atoms with van der Waals surface area (Å²) in [5, 5.41) is 3.04. The van der Waals surface area contributed by atoms with Crippen LogP contribution in [-0.4, -0.2) is 73.3 Å².